The van der Waals surface area contributed by atoms with Crippen molar-refractivity contribution in [3.05, 3.63) is 35.3 Å². The molecular formula is C15H15O8-. The van der Waals surface area contributed by atoms with E-state index in [1.54, 1.807) is 0 Å². The van der Waals surface area contributed by atoms with Crippen molar-refractivity contribution in [2.45, 2.75) is 39.3 Å². The lowest BCUT2D eigenvalue weighted by Gasteiger charge is -2.38. The maximum atomic E-state index is 11.7. The summed E-state index contributed by atoms with van der Waals surface area (Å²) >= 11 is 0. The Hall–Kier alpha value is -2.77. The Labute approximate surface area is 132 Å². The Morgan fingerprint density at radius 1 is 0.826 bits per heavy atom. The highest BCUT2D eigenvalue weighted by Crippen LogP contribution is 2.25. The summed E-state index contributed by atoms with van der Waals surface area (Å²) < 4.78 is 19.6. The molecule has 0 aromatic rings. The fourth-order valence-corrected chi connectivity index (χ4v) is 1.83. The molecule has 0 unspecified atom stereocenters. The van der Waals surface area contributed by atoms with E-state index in [0.717, 1.165) is 18.2 Å². The van der Waals surface area contributed by atoms with Gasteiger partial charge < -0.3 is 24.1 Å². The maximum absolute atomic E-state index is 11.7. The first-order chi connectivity index (χ1) is 10.5. The van der Waals surface area contributed by atoms with Gasteiger partial charge in [-0.15, -0.1) is 0 Å². The Morgan fingerprint density at radius 3 is 1.83 bits per heavy atom. The third-order valence-electron chi connectivity index (χ3n) is 2.76. The van der Waals surface area contributed by atoms with E-state index in [0.29, 0.717) is 0 Å². The van der Waals surface area contributed by atoms with Gasteiger partial charge in [-0.2, -0.15) is 0 Å². The number of rotatable bonds is 2. The molecule has 0 saturated carbocycles. The minimum Gasteiger partial charge on any atom is -0.575 e. The van der Waals surface area contributed by atoms with Crippen molar-refractivity contribution in [1.29, 1.82) is 0 Å². The van der Waals surface area contributed by atoms with Crippen LogP contribution in [0.3, 0.4) is 0 Å². The van der Waals surface area contributed by atoms with Gasteiger partial charge >= 0.3 is 17.9 Å². The van der Waals surface area contributed by atoms with E-state index in [9.17, 15) is 19.5 Å². The fraction of sp³-hybridized carbons (Fsp3) is 0.400. The predicted molar refractivity (Wildman–Crippen MR) is 71.8 cm³/mol. The molecule has 2 aliphatic rings. The number of allylic oxidation sites excluding steroid dienone is 2. The zero-order valence-corrected chi connectivity index (χ0v) is 13.0. The topological polar surface area (TPSA) is 111 Å². The molecular weight excluding hydrogens is 308 g/mol. The molecule has 0 N–H and O–H groups in total. The van der Waals surface area contributed by atoms with Crippen molar-refractivity contribution in [1.82, 2.24) is 0 Å². The molecule has 23 heavy (non-hydrogen) atoms. The van der Waals surface area contributed by atoms with Gasteiger partial charge in [0.25, 0.3) is 5.79 Å². The third-order valence-corrected chi connectivity index (χ3v) is 2.76. The molecule has 0 bridgehead atoms. The van der Waals surface area contributed by atoms with E-state index in [1.165, 1.54) is 27.7 Å². The van der Waals surface area contributed by atoms with Crippen LogP contribution in [0, 0.1) is 0 Å². The minimum absolute atomic E-state index is 0.362. The number of hydrogen-bond acceptors (Lipinski definition) is 8. The lowest BCUT2D eigenvalue weighted by molar-refractivity contribution is -0.393. The van der Waals surface area contributed by atoms with E-state index in [1.807, 2.05) is 0 Å². The minimum atomic E-state index is -1.34. The van der Waals surface area contributed by atoms with Crippen LogP contribution in [0.25, 0.3) is 0 Å². The maximum Gasteiger partial charge on any atom is 0.348 e. The molecule has 1 saturated heterocycles. The van der Waals surface area contributed by atoms with E-state index < -0.39 is 35.4 Å². The van der Waals surface area contributed by atoms with Gasteiger partial charge in [0.05, 0.1) is 11.5 Å². The van der Waals surface area contributed by atoms with Crippen LogP contribution in [0.1, 0.15) is 27.7 Å². The highest BCUT2D eigenvalue weighted by Gasteiger charge is 2.38. The first kappa shape index (κ1) is 16.6. The molecule has 0 amide bonds. The molecule has 124 valence electrons. The predicted octanol–water partition coefficient (Wildman–Crippen LogP) is 0.186. The second-order valence-electron chi connectivity index (χ2n) is 5.71. The van der Waals surface area contributed by atoms with Crippen LogP contribution in [0.15, 0.2) is 35.3 Å². The zero-order valence-electron chi connectivity index (χ0n) is 13.0. The smallest absolute Gasteiger partial charge is 0.348 e. The van der Waals surface area contributed by atoms with Gasteiger partial charge in [0.2, 0.25) is 0 Å². The van der Waals surface area contributed by atoms with Crippen molar-refractivity contribution in [3.63, 3.8) is 0 Å². The van der Waals surface area contributed by atoms with Crippen LogP contribution in [-0.2, 0) is 33.3 Å². The Kier molecular flexibility index (Phi) is 3.94. The summed E-state index contributed by atoms with van der Waals surface area (Å²) in [5.41, 5.74) is -0.724. The average Bonchev–Trinajstić information content (AvgIpc) is 2.32. The summed E-state index contributed by atoms with van der Waals surface area (Å²) in [6.45, 7) is 5.67. The molecule has 0 aromatic carbocycles. The molecule has 8 nitrogen and oxygen atoms in total. The first-order valence-electron chi connectivity index (χ1n) is 6.69. The fourth-order valence-electron chi connectivity index (χ4n) is 1.83. The molecule has 2 aliphatic heterocycles. The van der Waals surface area contributed by atoms with E-state index in [4.69, 9.17) is 18.9 Å². The van der Waals surface area contributed by atoms with Crippen molar-refractivity contribution >= 4 is 17.9 Å². The summed E-state index contributed by atoms with van der Waals surface area (Å²) in [6.07, 6.45) is 3.31. The molecule has 2 rings (SSSR count). The van der Waals surface area contributed by atoms with E-state index in [2.05, 4.69) is 0 Å². The van der Waals surface area contributed by atoms with Gasteiger partial charge in [0.15, 0.2) is 5.79 Å². The van der Waals surface area contributed by atoms with Crippen molar-refractivity contribution < 1.29 is 38.4 Å². The average molecular weight is 323 g/mol. The zero-order chi connectivity index (χ0) is 17.4. The van der Waals surface area contributed by atoms with Crippen molar-refractivity contribution in [3.8, 4) is 0 Å². The summed E-state index contributed by atoms with van der Waals surface area (Å²) in [6, 6.07) is 0. The molecule has 1 fully saturated rings. The highest BCUT2D eigenvalue weighted by molar-refractivity contribution is 6.15. The lowest BCUT2D eigenvalue weighted by Crippen LogP contribution is -2.41. The molecule has 0 aromatic heterocycles. The van der Waals surface area contributed by atoms with Crippen LogP contribution in [-0.4, -0.2) is 29.5 Å². The molecule has 0 atom stereocenters. The molecule has 2 heterocycles. The number of carbonyl (C=O) groups excluding carboxylic acids is 3. The number of cyclic esters (lactones) is 3. The normalized spacial score (nSPS) is 23.1. The van der Waals surface area contributed by atoms with E-state index in [-0.39, 0.29) is 11.1 Å². The quantitative estimate of drug-likeness (QED) is 0.402. The van der Waals surface area contributed by atoms with Crippen LogP contribution in [0.4, 0.5) is 0 Å². The summed E-state index contributed by atoms with van der Waals surface area (Å²) in [7, 11) is 0. The second-order valence-corrected chi connectivity index (χ2v) is 5.71. The van der Waals surface area contributed by atoms with Crippen LogP contribution < -0.4 is 5.11 Å². The summed E-state index contributed by atoms with van der Waals surface area (Å²) in [5.74, 6) is -6.14. The van der Waals surface area contributed by atoms with Crippen molar-refractivity contribution in [2.24, 2.45) is 0 Å². The number of ether oxygens (including phenoxy) is 4. The van der Waals surface area contributed by atoms with Gasteiger partial charge in [-0.1, -0.05) is 6.08 Å². The standard InChI is InChI=1S/C15H16O8/c1-14(2)20-10(16)8(11(17)21-14)6-5-7-9-12(18)22-15(3,4)23-13(9)19/h5-7,16H,1-4H3/p-1. The molecule has 0 aliphatic carbocycles. The summed E-state index contributed by atoms with van der Waals surface area (Å²) in [4.78, 5) is 35.1. The Bertz CT molecular complexity index is 641. The van der Waals surface area contributed by atoms with Crippen LogP contribution in [0.5, 0.6) is 0 Å². The second kappa shape index (κ2) is 5.45. The third kappa shape index (κ3) is 3.71. The summed E-state index contributed by atoms with van der Waals surface area (Å²) in [5, 5.41) is 11.7. The van der Waals surface area contributed by atoms with Gasteiger partial charge in [-0.3, -0.25) is 0 Å². The monoisotopic (exact) mass is 323 g/mol. The van der Waals surface area contributed by atoms with E-state index >= 15 is 0 Å². The SMILES string of the molecule is CC1(C)OC(=O)C(=CC=CC2=C([O-])OC(C)(C)OC2=O)C(=O)O1. The van der Waals surface area contributed by atoms with Gasteiger partial charge in [0, 0.05) is 13.8 Å². The molecule has 8 heteroatoms. The number of carbonyl (C=O) groups is 3. The number of esters is 3. The van der Waals surface area contributed by atoms with Gasteiger partial charge in [-0.05, 0) is 26.0 Å². The van der Waals surface area contributed by atoms with Crippen LogP contribution >= 0.6 is 0 Å². The van der Waals surface area contributed by atoms with Crippen LogP contribution in [0.2, 0.25) is 0 Å². The van der Waals surface area contributed by atoms with Crippen molar-refractivity contribution in [2.75, 3.05) is 0 Å². The number of hydrogen-bond donors (Lipinski definition) is 0. The lowest BCUT2D eigenvalue weighted by atomic mass is 10.1. The van der Waals surface area contributed by atoms with Gasteiger partial charge in [0.1, 0.15) is 5.57 Å². The molecule has 0 radical (unpaired) electrons. The first-order valence-corrected chi connectivity index (χ1v) is 6.69. The molecule has 0 spiro atoms. The highest BCUT2D eigenvalue weighted by atomic mass is 16.8. The Morgan fingerprint density at radius 2 is 1.30 bits per heavy atom. The Balaban J connectivity index is 2.20. The van der Waals surface area contributed by atoms with Gasteiger partial charge in [-0.25, -0.2) is 14.4 Å². The largest absolute Gasteiger partial charge is 0.575 e.